The molecule has 0 saturated carbocycles. The van der Waals surface area contributed by atoms with Gasteiger partial charge in [-0.25, -0.2) is 0 Å². The highest BCUT2D eigenvalue weighted by Crippen LogP contribution is 2.41. The van der Waals surface area contributed by atoms with Crippen molar-refractivity contribution in [3.8, 4) is 23.0 Å². The van der Waals surface area contributed by atoms with Gasteiger partial charge >= 0.3 is 6.18 Å². The molecular formula is C23H24F3NO5. The zero-order chi connectivity index (χ0) is 23.5. The van der Waals surface area contributed by atoms with Gasteiger partial charge in [-0.3, -0.25) is 9.69 Å². The van der Waals surface area contributed by atoms with Gasteiger partial charge in [-0.1, -0.05) is 26.0 Å². The van der Waals surface area contributed by atoms with Gasteiger partial charge in [0.25, 0.3) is 5.76 Å². The molecule has 2 aromatic carbocycles. The van der Waals surface area contributed by atoms with Gasteiger partial charge in [0.15, 0.2) is 11.5 Å². The topological polar surface area (TPSA) is 72.1 Å². The fourth-order valence-corrected chi connectivity index (χ4v) is 3.31. The summed E-state index contributed by atoms with van der Waals surface area (Å²) in [6.45, 7) is 7.04. The predicted octanol–water partition coefficient (Wildman–Crippen LogP) is 5.55. The van der Waals surface area contributed by atoms with Gasteiger partial charge in [0.2, 0.25) is 11.2 Å². The van der Waals surface area contributed by atoms with Crippen LogP contribution in [-0.4, -0.2) is 29.7 Å². The van der Waals surface area contributed by atoms with Crippen LogP contribution in [0.1, 0.15) is 32.1 Å². The molecule has 1 N–H and O–H groups in total. The maximum Gasteiger partial charge on any atom is 0.453 e. The van der Waals surface area contributed by atoms with Crippen LogP contribution in [-0.2, 0) is 12.7 Å². The molecule has 0 radical (unpaired) electrons. The van der Waals surface area contributed by atoms with E-state index in [0.717, 1.165) is 0 Å². The number of fused-ring (bicyclic) bond motifs is 1. The molecule has 6 nitrogen and oxygen atoms in total. The first-order valence-corrected chi connectivity index (χ1v) is 10.2. The van der Waals surface area contributed by atoms with E-state index in [1.807, 2.05) is 18.7 Å². The third kappa shape index (κ3) is 4.67. The lowest BCUT2D eigenvalue weighted by atomic mass is 10.1. The standard InChI is InChI=1S/C23H24F3NO5/c1-4-27(5-2)13-15-16(28)12-11-14-19(29)21(22(23(24,25)26)32-20(14)15)31-18-10-8-7-9-17(18)30-6-3/h7-12,28H,4-6,13H2,1-3H3. The van der Waals surface area contributed by atoms with Crippen molar-refractivity contribution >= 4 is 11.0 Å². The molecule has 9 heteroatoms. The second-order valence-corrected chi connectivity index (χ2v) is 6.97. The number of hydrogen-bond acceptors (Lipinski definition) is 6. The Morgan fingerprint density at radius 3 is 2.28 bits per heavy atom. The molecule has 0 atom stereocenters. The van der Waals surface area contributed by atoms with Crippen LogP contribution in [0.15, 0.2) is 45.6 Å². The van der Waals surface area contributed by atoms with Crippen molar-refractivity contribution in [3.63, 3.8) is 0 Å². The lowest BCUT2D eigenvalue weighted by molar-refractivity contribution is -0.154. The summed E-state index contributed by atoms with van der Waals surface area (Å²) in [5, 5.41) is 10.2. The number of hydrogen-bond donors (Lipinski definition) is 1. The fraction of sp³-hybridized carbons (Fsp3) is 0.348. The van der Waals surface area contributed by atoms with Gasteiger partial charge in [-0.15, -0.1) is 0 Å². The number of aromatic hydroxyl groups is 1. The SMILES string of the molecule is CCOc1ccccc1Oc1c(C(F)(F)F)oc2c(CN(CC)CC)c(O)ccc2c1=O. The normalized spacial score (nSPS) is 11.8. The average molecular weight is 451 g/mol. The van der Waals surface area contributed by atoms with Crippen LogP contribution in [0.3, 0.4) is 0 Å². The number of nitrogens with zero attached hydrogens (tertiary/aromatic N) is 1. The van der Waals surface area contributed by atoms with Crippen molar-refractivity contribution in [1.82, 2.24) is 4.90 Å². The van der Waals surface area contributed by atoms with Crippen molar-refractivity contribution < 1.29 is 32.2 Å². The Kier molecular flexibility index (Phi) is 6.98. The molecule has 0 spiro atoms. The maximum absolute atomic E-state index is 13.9. The van der Waals surface area contributed by atoms with Crippen molar-refractivity contribution in [1.29, 1.82) is 0 Å². The third-order valence-electron chi connectivity index (χ3n) is 4.99. The Labute approximate surface area is 182 Å². The Balaban J connectivity index is 2.26. The highest BCUT2D eigenvalue weighted by atomic mass is 19.4. The Morgan fingerprint density at radius 2 is 1.69 bits per heavy atom. The highest BCUT2D eigenvalue weighted by Gasteiger charge is 2.41. The summed E-state index contributed by atoms with van der Waals surface area (Å²) in [5.74, 6) is -2.68. The van der Waals surface area contributed by atoms with Gasteiger partial charge < -0.3 is 19.0 Å². The first-order chi connectivity index (χ1) is 15.2. The molecule has 0 bridgehead atoms. The quantitative estimate of drug-likeness (QED) is 0.484. The van der Waals surface area contributed by atoms with Crippen LogP contribution in [0.25, 0.3) is 11.0 Å². The molecule has 32 heavy (non-hydrogen) atoms. The zero-order valence-electron chi connectivity index (χ0n) is 18.0. The second-order valence-electron chi connectivity index (χ2n) is 6.97. The van der Waals surface area contributed by atoms with E-state index < -0.39 is 23.1 Å². The van der Waals surface area contributed by atoms with E-state index in [-0.39, 0.29) is 46.9 Å². The summed E-state index contributed by atoms with van der Waals surface area (Å²) in [6, 6.07) is 8.60. The van der Waals surface area contributed by atoms with Crippen LogP contribution in [0.5, 0.6) is 23.0 Å². The molecule has 0 fully saturated rings. The lowest BCUT2D eigenvalue weighted by Crippen LogP contribution is -2.23. The number of para-hydroxylation sites is 2. The minimum absolute atomic E-state index is 0.0476. The van der Waals surface area contributed by atoms with Crippen molar-refractivity contribution in [2.24, 2.45) is 0 Å². The van der Waals surface area contributed by atoms with E-state index >= 15 is 0 Å². The Morgan fingerprint density at radius 1 is 1.03 bits per heavy atom. The van der Waals surface area contributed by atoms with Gasteiger partial charge in [0.05, 0.1) is 17.6 Å². The van der Waals surface area contributed by atoms with E-state index in [4.69, 9.17) is 13.9 Å². The van der Waals surface area contributed by atoms with Crippen LogP contribution >= 0.6 is 0 Å². The van der Waals surface area contributed by atoms with Crippen LogP contribution in [0.4, 0.5) is 13.2 Å². The molecule has 0 aliphatic heterocycles. The molecule has 0 aliphatic rings. The molecule has 3 aromatic rings. The van der Waals surface area contributed by atoms with E-state index in [9.17, 15) is 23.1 Å². The highest BCUT2D eigenvalue weighted by molar-refractivity contribution is 5.83. The molecule has 172 valence electrons. The van der Waals surface area contributed by atoms with Crippen molar-refractivity contribution in [3.05, 3.63) is 57.9 Å². The number of alkyl halides is 3. The van der Waals surface area contributed by atoms with E-state index in [2.05, 4.69) is 0 Å². The largest absolute Gasteiger partial charge is 0.507 e. The summed E-state index contributed by atoms with van der Waals surface area (Å²) in [5.41, 5.74) is -1.21. The number of phenolic OH excluding ortho intramolecular Hbond substituents is 1. The summed E-state index contributed by atoms with van der Waals surface area (Å²) < 4.78 is 57.8. The Hall–Kier alpha value is -3.20. The van der Waals surface area contributed by atoms with E-state index in [0.29, 0.717) is 13.1 Å². The predicted molar refractivity (Wildman–Crippen MR) is 113 cm³/mol. The number of halogens is 3. The van der Waals surface area contributed by atoms with Crippen LogP contribution in [0.2, 0.25) is 0 Å². The third-order valence-corrected chi connectivity index (χ3v) is 4.99. The molecule has 1 heterocycles. The van der Waals surface area contributed by atoms with Gasteiger partial charge in [0, 0.05) is 6.54 Å². The average Bonchev–Trinajstić information content (AvgIpc) is 2.75. The molecule has 0 unspecified atom stereocenters. The Bertz CT molecular complexity index is 1150. The minimum Gasteiger partial charge on any atom is -0.507 e. The van der Waals surface area contributed by atoms with Gasteiger partial charge in [-0.05, 0) is 44.3 Å². The van der Waals surface area contributed by atoms with E-state index in [1.165, 1.54) is 24.3 Å². The smallest absolute Gasteiger partial charge is 0.453 e. The van der Waals surface area contributed by atoms with Crippen molar-refractivity contribution in [2.45, 2.75) is 33.5 Å². The number of ether oxygens (including phenoxy) is 2. The molecular weight excluding hydrogens is 427 g/mol. The first kappa shape index (κ1) is 23.5. The van der Waals surface area contributed by atoms with Gasteiger partial charge in [-0.2, -0.15) is 13.2 Å². The molecule has 0 amide bonds. The van der Waals surface area contributed by atoms with Gasteiger partial charge in [0.1, 0.15) is 11.3 Å². The molecule has 1 aromatic heterocycles. The monoisotopic (exact) mass is 451 g/mol. The van der Waals surface area contributed by atoms with Crippen LogP contribution in [0, 0.1) is 0 Å². The lowest BCUT2D eigenvalue weighted by Gasteiger charge is -2.20. The number of benzene rings is 2. The van der Waals surface area contributed by atoms with Crippen molar-refractivity contribution in [2.75, 3.05) is 19.7 Å². The molecule has 0 aliphatic carbocycles. The summed E-state index contributed by atoms with van der Waals surface area (Å²) in [6.07, 6.45) is -5.01. The molecule has 3 rings (SSSR count). The summed E-state index contributed by atoms with van der Waals surface area (Å²) in [4.78, 5) is 15.0. The molecule has 0 saturated heterocycles. The maximum atomic E-state index is 13.9. The minimum atomic E-state index is -5.01. The number of rotatable bonds is 8. The summed E-state index contributed by atoms with van der Waals surface area (Å²) in [7, 11) is 0. The number of phenols is 1. The van der Waals surface area contributed by atoms with E-state index in [1.54, 1.807) is 19.1 Å². The second kappa shape index (κ2) is 9.52. The fourth-order valence-electron chi connectivity index (χ4n) is 3.31. The first-order valence-electron chi connectivity index (χ1n) is 10.2. The summed E-state index contributed by atoms with van der Waals surface area (Å²) >= 11 is 0. The zero-order valence-corrected chi connectivity index (χ0v) is 18.0. The van der Waals surface area contributed by atoms with Crippen LogP contribution < -0.4 is 14.9 Å².